The molecule has 0 amide bonds. The van der Waals surface area contributed by atoms with E-state index in [0.717, 1.165) is 24.9 Å². The van der Waals surface area contributed by atoms with E-state index >= 15 is 0 Å². The predicted octanol–water partition coefficient (Wildman–Crippen LogP) is 3.38. The molecule has 0 radical (unpaired) electrons. The normalized spacial score (nSPS) is 22.7. The molecule has 1 heterocycles. The maximum absolute atomic E-state index is 3.61. The predicted molar refractivity (Wildman–Crippen MR) is 80.9 cm³/mol. The molecule has 108 valence electrons. The van der Waals surface area contributed by atoms with Gasteiger partial charge in [-0.3, -0.25) is 0 Å². The van der Waals surface area contributed by atoms with Crippen LogP contribution in [0.3, 0.4) is 0 Å². The van der Waals surface area contributed by atoms with Crippen molar-refractivity contribution in [2.75, 3.05) is 32.7 Å². The number of nitrogens with one attached hydrogen (secondary N) is 1. The van der Waals surface area contributed by atoms with E-state index in [9.17, 15) is 0 Å². The first-order valence-corrected chi connectivity index (χ1v) is 7.86. The Morgan fingerprint density at radius 3 is 2.67 bits per heavy atom. The van der Waals surface area contributed by atoms with Gasteiger partial charge >= 0.3 is 0 Å². The molecule has 2 nitrogen and oxygen atoms in total. The summed E-state index contributed by atoms with van der Waals surface area (Å²) in [6.45, 7) is 17.8. The van der Waals surface area contributed by atoms with Crippen LogP contribution in [0.1, 0.15) is 53.9 Å². The van der Waals surface area contributed by atoms with Gasteiger partial charge in [0.2, 0.25) is 0 Å². The summed E-state index contributed by atoms with van der Waals surface area (Å²) in [5, 5.41) is 3.61. The average Bonchev–Trinajstić information content (AvgIpc) is 2.27. The van der Waals surface area contributed by atoms with Gasteiger partial charge in [-0.25, -0.2) is 0 Å². The quantitative estimate of drug-likeness (QED) is 0.749. The molecule has 0 aromatic rings. The SMILES string of the molecule is CCC1CCCN(CC(C)(C)CNCC(C)C)C1. The van der Waals surface area contributed by atoms with Crippen LogP contribution in [0.15, 0.2) is 0 Å². The van der Waals surface area contributed by atoms with Gasteiger partial charge in [0, 0.05) is 19.6 Å². The molecule has 1 aliphatic rings. The summed E-state index contributed by atoms with van der Waals surface area (Å²) >= 11 is 0. The maximum Gasteiger partial charge on any atom is 0.00449 e. The fourth-order valence-corrected chi connectivity index (χ4v) is 2.99. The Balaban J connectivity index is 2.30. The summed E-state index contributed by atoms with van der Waals surface area (Å²) < 4.78 is 0. The van der Waals surface area contributed by atoms with Crippen LogP contribution < -0.4 is 5.32 Å². The van der Waals surface area contributed by atoms with Crippen LogP contribution in [0.4, 0.5) is 0 Å². The maximum atomic E-state index is 3.61. The van der Waals surface area contributed by atoms with Gasteiger partial charge < -0.3 is 10.2 Å². The zero-order chi connectivity index (χ0) is 13.6. The van der Waals surface area contributed by atoms with Crippen molar-refractivity contribution in [3.63, 3.8) is 0 Å². The van der Waals surface area contributed by atoms with Crippen molar-refractivity contribution in [1.29, 1.82) is 0 Å². The first-order chi connectivity index (χ1) is 8.43. The summed E-state index contributed by atoms with van der Waals surface area (Å²) in [5.41, 5.74) is 0.393. The summed E-state index contributed by atoms with van der Waals surface area (Å²) in [7, 11) is 0. The zero-order valence-corrected chi connectivity index (χ0v) is 13.3. The van der Waals surface area contributed by atoms with Crippen molar-refractivity contribution >= 4 is 0 Å². The van der Waals surface area contributed by atoms with Crippen molar-refractivity contribution in [3.8, 4) is 0 Å². The van der Waals surface area contributed by atoms with Crippen LogP contribution in [0.5, 0.6) is 0 Å². The molecule has 1 aliphatic heterocycles. The molecular formula is C16H34N2. The molecule has 1 rings (SSSR count). The third kappa shape index (κ3) is 6.19. The number of likely N-dealkylation sites (tertiary alicyclic amines) is 1. The molecule has 18 heavy (non-hydrogen) atoms. The highest BCUT2D eigenvalue weighted by Gasteiger charge is 2.25. The van der Waals surface area contributed by atoms with E-state index in [2.05, 4.69) is 44.8 Å². The second kappa shape index (κ2) is 7.49. The molecule has 0 aromatic heterocycles. The van der Waals surface area contributed by atoms with Gasteiger partial charge in [-0.2, -0.15) is 0 Å². The number of hydrogen-bond acceptors (Lipinski definition) is 2. The summed E-state index contributed by atoms with van der Waals surface area (Å²) in [5.74, 6) is 1.69. The van der Waals surface area contributed by atoms with Gasteiger partial charge in [-0.15, -0.1) is 0 Å². The van der Waals surface area contributed by atoms with E-state index in [4.69, 9.17) is 0 Å². The molecule has 1 atom stereocenters. The Kier molecular flexibility index (Phi) is 6.65. The minimum atomic E-state index is 0.393. The van der Waals surface area contributed by atoms with E-state index in [1.807, 2.05) is 0 Å². The van der Waals surface area contributed by atoms with Crippen molar-refractivity contribution in [3.05, 3.63) is 0 Å². The fourth-order valence-electron chi connectivity index (χ4n) is 2.99. The average molecular weight is 254 g/mol. The van der Waals surface area contributed by atoms with E-state index < -0.39 is 0 Å². The Bertz CT molecular complexity index is 223. The lowest BCUT2D eigenvalue weighted by Gasteiger charge is -2.38. The van der Waals surface area contributed by atoms with Gasteiger partial charge in [0.15, 0.2) is 0 Å². The molecule has 0 aliphatic carbocycles. The van der Waals surface area contributed by atoms with Gasteiger partial charge in [-0.1, -0.05) is 41.0 Å². The summed E-state index contributed by atoms with van der Waals surface area (Å²) in [6.07, 6.45) is 4.19. The lowest BCUT2D eigenvalue weighted by molar-refractivity contribution is 0.117. The number of piperidine rings is 1. The minimum absolute atomic E-state index is 0.393. The van der Waals surface area contributed by atoms with E-state index in [-0.39, 0.29) is 0 Å². The number of rotatable bonds is 7. The lowest BCUT2D eigenvalue weighted by Crippen LogP contribution is -2.45. The molecule has 1 N–H and O–H groups in total. The van der Waals surface area contributed by atoms with Crippen LogP contribution in [0.25, 0.3) is 0 Å². The van der Waals surface area contributed by atoms with Crippen LogP contribution in [0, 0.1) is 17.3 Å². The molecule has 1 fully saturated rings. The second-order valence-corrected chi connectivity index (χ2v) is 7.34. The third-order valence-electron chi connectivity index (χ3n) is 3.99. The highest BCUT2D eigenvalue weighted by molar-refractivity contribution is 4.80. The lowest BCUT2D eigenvalue weighted by atomic mass is 9.89. The largest absolute Gasteiger partial charge is 0.316 e. The number of hydrogen-bond donors (Lipinski definition) is 1. The first kappa shape index (κ1) is 16.0. The first-order valence-electron chi connectivity index (χ1n) is 7.86. The standard InChI is InChI=1S/C16H34N2/c1-6-15-8-7-9-18(11-15)13-16(4,5)12-17-10-14(2)3/h14-15,17H,6-13H2,1-5H3. The summed E-state index contributed by atoms with van der Waals surface area (Å²) in [6, 6.07) is 0. The smallest absolute Gasteiger partial charge is 0.00449 e. The molecule has 0 aromatic carbocycles. The van der Waals surface area contributed by atoms with Crippen LogP contribution in [0.2, 0.25) is 0 Å². The molecule has 2 heteroatoms. The molecule has 0 spiro atoms. The Labute approximate surface area is 115 Å². The van der Waals surface area contributed by atoms with Crippen LogP contribution in [-0.4, -0.2) is 37.6 Å². The second-order valence-electron chi connectivity index (χ2n) is 7.34. The van der Waals surface area contributed by atoms with Gasteiger partial charge in [0.25, 0.3) is 0 Å². The van der Waals surface area contributed by atoms with Crippen molar-refractivity contribution in [1.82, 2.24) is 10.2 Å². The van der Waals surface area contributed by atoms with Crippen molar-refractivity contribution in [2.24, 2.45) is 17.3 Å². The Morgan fingerprint density at radius 1 is 1.33 bits per heavy atom. The highest BCUT2D eigenvalue weighted by atomic mass is 15.1. The van der Waals surface area contributed by atoms with E-state index in [1.54, 1.807) is 0 Å². The minimum Gasteiger partial charge on any atom is -0.316 e. The van der Waals surface area contributed by atoms with Gasteiger partial charge in [0.05, 0.1) is 0 Å². The highest BCUT2D eigenvalue weighted by Crippen LogP contribution is 2.23. The zero-order valence-electron chi connectivity index (χ0n) is 13.3. The topological polar surface area (TPSA) is 15.3 Å². The Morgan fingerprint density at radius 2 is 2.06 bits per heavy atom. The van der Waals surface area contributed by atoms with Crippen LogP contribution in [-0.2, 0) is 0 Å². The monoisotopic (exact) mass is 254 g/mol. The fraction of sp³-hybridized carbons (Fsp3) is 1.00. The van der Waals surface area contributed by atoms with Gasteiger partial charge in [-0.05, 0) is 43.2 Å². The Hall–Kier alpha value is -0.0800. The summed E-state index contributed by atoms with van der Waals surface area (Å²) in [4.78, 5) is 2.69. The molecule has 0 bridgehead atoms. The third-order valence-corrected chi connectivity index (χ3v) is 3.99. The van der Waals surface area contributed by atoms with Gasteiger partial charge in [0.1, 0.15) is 0 Å². The molecular weight excluding hydrogens is 220 g/mol. The number of nitrogens with zero attached hydrogens (tertiary/aromatic N) is 1. The van der Waals surface area contributed by atoms with E-state index in [0.29, 0.717) is 5.41 Å². The van der Waals surface area contributed by atoms with Crippen molar-refractivity contribution in [2.45, 2.75) is 53.9 Å². The van der Waals surface area contributed by atoms with Crippen molar-refractivity contribution < 1.29 is 0 Å². The molecule has 0 saturated carbocycles. The van der Waals surface area contributed by atoms with E-state index in [1.165, 1.54) is 38.9 Å². The van der Waals surface area contributed by atoms with Crippen LogP contribution >= 0.6 is 0 Å². The molecule has 1 saturated heterocycles. The molecule has 1 unspecified atom stereocenters.